The third kappa shape index (κ3) is 1.19. The van der Waals surface area contributed by atoms with E-state index in [2.05, 4.69) is 22.8 Å². The molecule has 0 saturated heterocycles. The highest BCUT2D eigenvalue weighted by molar-refractivity contribution is 5.83. The van der Waals surface area contributed by atoms with E-state index in [-0.39, 0.29) is 0 Å². The number of aromatic nitrogens is 1. The van der Waals surface area contributed by atoms with Gasteiger partial charge < -0.3 is 4.57 Å². The Morgan fingerprint density at radius 3 is 3.00 bits per heavy atom. The molecule has 2 aromatic rings. The van der Waals surface area contributed by atoms with Gasteiger partial charge in [0.25, 0.3) is 0 Å². The number of benzene rings is 1. The van der Waals surface area contributed by atoms with E-state index in [1.807, 2.05) is 25.4 Å². The van der Waals surface area contributed by atoms with Crippen molar-refractivity contribution in [2.75, 3.05) is 0 Å². The molecule has 0 radical (unpaired) electrons. The van der Waals surface area contributed by atoms with Crippen molar-refractivity contribution in [3.8, 4) is 6.07 Å². The normalized spacial score (nSPS) is 10.2. The zero-order valence-electron chi connectivity index (χ0n) is 7.49. The van der Waals surface area contributed by atoms with Crippen molar-refractivity contribution in [2.24, 2.45) is 7.05 Å². The quantitative estimate of drug-likeness (QED) is 0.645. The van der Waals surface area contributed by atoms with E-state index in [4.69, 9.17) is 5.26 Å². The van der Waals surface area contributed by atoms with E-state index in [1.165, 1.54) is 10.9 Å². The first kappa shape index (κ1) is 7.88. The van der Waals surface area contributed by atoms with Gasteiger partial charge in [0.05, 0.1) is 12.5 Å². The van der Waals surface area contributed by atoms with E-state index in [9.17, 15) is 0 Å². The second kappa shape index (κ2) is 2.95. The van der Waals surface area contributed by atoms with Gasteiger partial charge in [-0.05, 0) is 17.7 Å². The van der Waals surface area contributed by atoms with Gasteiger partial charge in [0.2, 0.25) is 0 Å². The largest absolute Gasteiger partial charge is 0.351 e. The van der Waals surface area contributed by atoms with Crippen LogP contribution in [0.15, 0.2) is 30.5 Å². The van der Waals surface area contributed by atoms with Crippen molar-refractivity contribution in [3.05, 3.63) is 36.0 Å². The summed E-state index contributed by atoms with van der Waals surface area (Å²) in [5.74, 6) is 0. The maximum absolute atomic E-state index is 8.63. The molecule has 2 nitrogen and oxygen atoms in total. The molecule has 2 rings (SSSR count). The van der Waals surface area contributed by atoms with E-state index in [1.54, 1.807) is 0 Å². The molecular formula is C11H10N2. The van der Waals surface area contributed by atoms with Crippen LogP contribution in [0.4, 0.5) is 0 Å². The topological polar surface area (TPSA) is 28.7 Å². The third-order valence-electron chi connectivity index (χ3n) is 2.29. The predicted molar refractivity (Wildman–Crippen MR) is 52.2 cm³/mol. The summed E-state index contributed by atoms with van der Waals surface area (Å²) >= 11 is 0. The number of rotatable bonds is 1. The SMILES string of the molecule is Cn1ccc2c(CC#N)cccc21. The maximum atomic E-state index is 8.63. The van der Waals surface area contributed by atoms with Crippen molar-refractivity contribution in [2.45, 2.75) is 6.42 Å². The first-order valence-corrected chi connectivity index (χ1v) is 4.23. The minimum Gasteiger partial charge on any atom is -0.351 e. The number of aryl methyl sites for hydroxylation is 1. The van der Waals surface area contributed by atoms with Crippen molar-refractivity contribution in [1.82, 2.24) is 4.57 Å². The lowest BCUT2D eigenvalue weighted by Crippen LogP contribution is -1.86. The van der Waals surface area contributed by atoms with Crippen LogP contribution in [0.3, 0.4) is 0 Å². The fourth-order valence-corrected chi connectivity index (χ4v) is 1.61. The van der Waals surface area contributed by atoms with Gasteiger partial charge in [-0.1, -0.05) is 12.1 Å². The number of fused-ring (bicyclic) bond motifs is 1. The summed E-state index contributed by atoms with van der Waals surface area (Å²) in [5.41, 5.74) is 2.30. The van der Waals surface area contributed by atoms with Crippen LogP contribution in [0.25, 0.3) is 10.9 Å². The van der Waals surface area contributed by atoms with Gasteiger partial charge in [0.1, 0.15) is 0 Å². The van der Waals surface area contributed by atoms with Crippen LogP contribution in [0, 0.1) is 11.3 Å². The Bertz CT molecular complexity index is 474. The van der Waals surface area contributed by atoms with Crippen LogP contribution in [-0.4, -0.2) is 4.57 Å². The summed E-state index contributed by atoms with van der Waals surface area (Å²) < 4.78 is 2.07. The summed E-state index contributed by atoms with van der Waals surface area (Å²) in [6.07, 6.45) is 2.51. The molecule has 64 valence electrons. The molecule has 13 heavy (non-hydrogen) atoms. The van der Waals surface area contributed by atoms with E-state index in [0.29, 0.717) is 6.42 Å². The average molecular weight is 170 g/mol. The number of hydrogen-bond donors (Lipinski definition) is 0. The highest BCUT2D eigenvalue weighted by Gasteiger charge is 2.01. The molecule has 0 fully saturated rings. The van der Waals surface area contributed by atoms with E-state index < -0.39 is 0 Å². The van der Waals surface area contributed by atoms with E-state index >= 15 is 0 Å². The van der Waals surface area contributed by atoms with Gasteiger partial charge in [0.15, 0.2) is 0 Å². The Labute approximate surface area is 77.0 Å². The van der Waals surface area contributed by atoms with Crippen LogP contribution in [-0.2, 0) is 13.5 Å². The van der Waals surface area contributed by atoms with Crippen LogP contribution >= 0.6 is 0 Å². The Morgan fingerprint density at radius 1 is 1.38 bits per heavy atom. The maximum Gasteiger partial charge on any atom is 0.0669 e. The fourth-order valence-electron chi connectivity index (χ4n) is 1.61. The molecule has 0 spiro atoms. The number of nitriles is 1. The Balaban J connectivity index is 2.71. The van der Waals surface area contributed by atoms with Gasteiger partial charge in [-0.2, -0.15) is 5.26 Å². The van der Waals surface area contributed by atoms with Crippen molar-refractivity contribution < 1.29 is 0 Å². The summed E-state index contributed by atoms with van der Waals surface area (Å²) in [7, 11) is 2.01. The van der Waals surface area contributed by atoms with Crippen molar-refractivity contribution in [3.63, 3.8) is 0 Å². The predicted octanol–water partition coefficient (Wildman–Crippen LogP) is 2.24. The van der Waals surface area contributed by atoms with Crippen LogP contribution in [0.5, 0.6) is 0 Å². The lowest BCUT2D eigenvalue weighted by molar-refractivity contribution is 0.969. The lowest BCUT2D eigenvalue weighted by atomic mass is 10.1. The molecule has 2 heteroatoms. The first-order chi connectivity index (χ1) is 6.33. The molecule has 1 heterocycles. The number of nitrogens with zero attached hydrogens (tertiary/aromatic N) is 2. The zero-order chi connectivity index (χ0) is 9.26. The molecule has 0 amide bonds. The smallest absolute Gasteiger partial charge is 0.0669 e. The highest BCUT2D eigenvalue weighted by Crippen LogP contribution is 2.19. The summed E-state index contributed by atoms with van der Waals surface area (Å²) in [4.78, 5) is 0. The molecule has 0 atom stereocenters. The summed E-state index contributed by atoms with van der Waals surface area (Å²) in [6.45, 7) is 0. The Morgan fingerprint density at radius 2 is 2.23 bits per heavy atom. The monoisotopic (exact) mass is 170 g/mol. The Hall–Kier alpha value is -1.75. The fraction of sp³-hybridized carbons (Fsp3) is 0.182. The highest BCUT2D eigenvalue weighted by atomic mass is 14.9. The van der Waals surface area contributed by atoms with Crippen molar-refractivity contribution >= 4 is 10.9 Å². The Kier molecular flexibility index (Phi) is 1.79. The van der Waals surface area contributed by atoms with Gasteiger partial charge >= 0.3 is 0 Å². The number of hydrogen-bond acceptors (Lipinski definition) is 1. The lowest BCUT2D eigenvalue weighted by Gasteiger charge is -1.99. The molecule has 1 aromatic heterocycles. The zero-order valence-corrected chi connectivity index (χ0v) is 7.49. The van der Waals surface area contributed by atoms with Gasteiger partial charge in [0, 0.05) is 24.1 Å². The summed E-state index contributed by atoms with van der Waals surface area (Å²) in [5, 5.41) is 9.82. The second-order valence-corrected chi connectivity index (χ2v) is 3.11. The molecule has 0 N–H and O–H groups in total. The van der Waals surface area contributed by atoms with Crippen molar-refractivity contribution in [1.29, 1.82) is 5.26 Å². The van der Waals surface area contributed by atoms with Gasteiger partial charge in [-0.3, -0.25) is 0 Å². The van der Waals surface area contributed by atoms with E-state index in [0.717, 1.165) is 5.56 Å². The molecule has 0 aliphatic carbocycles. The van der Waals surface area contributed by atoms with Crippen LogP contribution in [0.2, 0.25) is 0 Å². The van der Waals surface area contributed by atoms with Crippen LogP contribution < -0.4 is 0 Å². The standard InChI is InChI=1S/C11H10N2/c1-13-8-6-10-9(5-7-12)3-2-4-11(10)13/h2-4,6,8H,5H2,1H3. The summed E-state index contributed by atoms with van der Waals surface area (Å²) in [6, 6.07) is 10.3. The first-order valence-electron chi connectivity index (χ1n) is 4.23. The minimum atomic E-state index is 0.487. The van der Waals surface area contributed by atoms with Crippen LogP contribution in [0.1, 0.15) is 5.56 Å². The van der Waals surface area contributed by atoms with Gasteiger partial charge in [-0.15, -0.1) is 0 Å². The molecule has 1 aromatic carbocycles. The van der Waals surface area contributed by atoms with Gasteiger partial charge in [-0.25, -0.2) is 0 Å². The molecule has 0 saturated carbocycles. The molecular weight excluding hydrogens is 160 g/mol. The second-order valence-electron chi connectivity index (χ2n) is 3.11. The average Bonchev–Trinajstić information content (AvgIpc) is 2.50. The minimum absolute atomic E-state index is 0.487. The molecule has 0 bridgehead atoms. The third-order valence-corrected chi connectivity index (χ3v) is 2.29. The molecule has 0 unspecified atom stereocenters. The molecule has 0 aliphatic heterocycles. The molecule has 0 aliphatic rings.